The highest BCUT2D eigenvalue weighted by molar-refractivity contribution is 6.31. The minimum atomic E-state index is -0.113. The van der Waals surface area contributed by atoms with Crippen molar-refractivity contribution in [1.82, 2.24) is 0 Å². The molecule has 0 saturated heterocycles. The molecule has 2 N–H and O–H groups in total. The van der Waals surface area contributed by atoms with Gasteiger partial charge in [0.25, 0.3) is 5.91 Å². The highest BCUT2D eigenvalue weighted by Gasteiger charge is 2.15. The van der Waals surface area contributed by atoms with Crippen LogP contribution in [0.3, 0.4) is 0 Å². The van der Waals surface area contributed by atoms with E-state index in [1.165, 1.54) is 0 Å². The number of nitrogens with two attached hydrogens (primary N) is 1. The number of rotatable bonds is 2. The van der Waals surface area contributed by atoms with Gasteiger partial charge < -0.3 is 10.6 Å². The summed E-state index contributed by atoms with van der Waals surface area (Å²) in [6.07, 6.45) is 0. The molecule has 0 aliphatic heterocycles. The van der Waals surface area contributed by atoms with Crippen LogP contribution in [0, 0.1) is 6.92 Å². The number of nitrogens with zero attached hydrogens (tertiary/aromatic N) is 1. The van der Waals surface area contributed by atoms with Crippen LogP contribution in [-0.2, 0) is 0 Å². The fourth-order valence-corrected chi connectivity index (χ4v) is 2.08. The third kappa shape index (κ3) is 2.88. The summed E-state index contributed by atoms with van der Waals surface area (Å²) in [4.78, 5) is 14.0. The minimum Gasteiger partial charge on any atom is -0.399 e. The topological polar surface area (TPSA) is 46.3 Å². The smallest absolute Gasteiger partial charge is 0.258 e. The number of anilines is 2. The van der Waals surface area contributed by atoms with Crippen LogP contribution in [0.4, 0.5) is 11.4 Å². The van der Waals surface area contributed by atoms with E-state index in [1.54, 1.807) is 48.3 Å². The molecule has 0 radical (unpaired) electrons. The summed E-state index contributed by atoms with van der Waals surface area (Å²) in [6, 6.07) is 12.4. The van der Waals surface area contributed by atoms with E-state index in [2.05, 4.69) is 0 Å². The van der Waals surface area contributed by atoms with Gasteiger partial charge in [0.15, 0.2) is 0 Å². The number of hydrogen-bond acceptors (Lipinski definition) is 2. The Bertz CT molecular complexity index is 625. The van der Waals surface area contributed by atoms with Gasteiger partial charge in [0.05, 0.1) is 0 Å². The first kappa shape index (κ1) is 13.4. The van der Waals surface area contributed by atoms with E-state index in [-0.39, 0.29) is 5.91 Å². The molecule has 0 unspecified atom stereocenters. The molecule has 3 nitrogen and oxygen atoms in total. The monoisotopic (exact) mass is 274 g/mol. The van der Waals surface area contributed by atoms with Crippen molar-refractivity contribution in [3.63, 3.8) is 0 Å². The average molecular weight is 275 g/mol. The lowest BCUT2D eigenvalue weighted by molar-refractivity contribution is 0.0993. The minimum absolute atomic E-state index is 0.113. The van der Waals surface area contributed by atoms with Crippen LogP contribution in [-0.4, -0.2) is 13.0 Å². The van der Waals surface area contributed by atoms with E-state index in [0.29, 0.717) is 16.3 Å². The molecular weight excluding hydrogens is 260 g/mol. The number of nitrogen functional groups attached to an aromatic ring is 1. The maximum absolute atomic E-state index is 12.4. The van der Waals surface area contributed by atoms with E-state index in [4.69, 9.17) is 17.3 Å². The first-order valence-corrected chi connectivity index (χ1v) is 6.26. The number of amides is 1. The molecular formula is C15H15ClN2O. The predicted octanol–water partition coefficient (Wildman–Crippen LogP) is 3.51. The van der Waals surface area contributed by atoms with Crippen LogP contribution in [0.15, 0.2) is 42.5 Å². The standard InChI is InChI=1S/C15H15ClN2O/c1-10-6-7-12(16)9-14(10)18(2)15(19)11-4-3-5-13(17)8-11/h3-9H,17H2,1-2H3. The van der Waals surface area contributed by atoms with E-state index < -0.39 is 0 Å². The van der Waals surface area contributed by atoms with Gasteiger partial charge >= 0.3 is 0 Å². The first-order chi connectivity index (χ1) is 8.99. The van der Waals surface area contributed by atoms with Crippen LogP contribution >= 0.6 is 11.6 Å². The van der Waals surface area contributed by atoms with Crippen molar-refractivity contribution in [3.05, 3.63) is 58.6 Å². The third-order valence-corrected chi connectivity index (χ3v) is 3.21. The maximum Gasteiger partial charge on any atom is 0.258 e. The summed E-state index contributed by atoms with van der Waals surface area (Å²) in [6.45, 7) is 1.94. The Balaban J connectivity index is 2.36. The van der Waals surface area contributed by atoms with Crippen LogP contribution in [0.25, 0.3) is 0 Å². The molecule has 0 heterocycles. The van der Waals surface area contributed by atoms with Crippen LogP contribution < -0.4 is 10.6 Å². The van der Waals surface area contributed by atoms with E-state index in [0.717, 1.165) is 11.3 Å². The molecule has 0 spiro atoms. The molecule has 0 bridgehead atoms. The summed E-state index contributed by atoms with van der Waals surface area (Å²) in [5.41, 5.74) is 8.61. The Morgan fingerprint density at radius 2 is 1.95 bits per heavy atom. The normalized spacial score (nSPS) is 10.3. The number of aryl methyl sites for hydroxylation is 1. The highest BCUT2D eigenvalue weighted by Crippen LogP contribution is 2.24. The zero-order chi connectivity index (χ0) is 14.0. The van der Waals surface area contributed by atoms with Crippen molar-refractivity contribution in [2.24, 2.45) is 0 Å². The van der Waals surface area contributed by atoms with Crippen molar-refractivity contribution in [3.8, 4) is 0 Å². The second kappa shape index (κ2) is 5.33. The van der Waals surface area contributed by atoms with Gasteiger partial charge in [0, 0.05) is 29.0 Å². The van der Waals surface area contributed by atoms with Crippen molar-refractivity contribution in [2.45, 2.75) is 6.92 Å². The average Bonchev–Trinajstić information content (AvgIpc) is 2.40. The SMILES string of the molecule is Cc1ccc(Cl)cc1N(C)C(=O)c1cccc(N)c1. The summed E-state index contributed by atoms with van der Waals surface area (Å²) in [5, 5.41) is 0.604. The molecule has 0 aliphatic carbocycles. The molecule has 0 aromatic heterocycles. The van der Waals surface area contributed by atoms with E-state index in [9.17, 15) is 4.79 Å². The summed E-state index contributed by atoms with van der Waals surface area (Å²) in [5.74, 6) is -0.113. The zero-order valence-electron chi connectivity index (χ0n) is 10.9. The molecule has 0 saturated carbocycles. The van der Waals surface area contributed by atoms with Gasteiger partial charge in [0.1, 0.15) is 0 Å². The second-order valence-corrected chi connectivity index (χ2v) is 4.86. The lowest BCUT2D eigenvalue weighted by atomic mass is 10.1. The van der Waals surface area contributed by atoms with Gasteiger partial charge in [-0.15, -0.1) is 0 Å². The Kier molecular flexibility index (Phi) is 3.76. The first-order valence-electron chi connectivity index (χ1n) is 5.89. The van der Waals surface area contributed by atoms with Gasteiger partial charge in [-0.05, 0) is 42.8 Å². The van der Waals surface area contributed by atoms with Crippen molar-refractivity contribution < 1.29 is 4.79 Å². The van der Waals surface area contributed by atoms with E-state index >= 15 is 0 Å². The summed E-state index contributed by atoms with van der Waals surface area (Å²) in [7, 11) is 1.73. The number of hydrogen-bond donors (Lipinski definition) is 1. The molecule has 1 amide bonds. The number of carbonyl (C=O) groups excluding carboxylic acids is 1. The van der Waals surface area contributed by atoms with Crippen LogP contribution in [0.5, 0.6) is 0 Å². The van der Waals surface area contributed by atoms with Gasteiger partial charge in [0.2, 0.25) is 0 Å². The van der Waals surface area contributed by atoms with Gasteiger partial charge in [-0.3, -0.25) is 4.79 Å². The molecule has 4 heteroatoms. The number of halogens is 1. The van der Waals surface area contributed by atoms with Crippen molar-refractivity contribution >= 4 is 28.9 Å². The van der Waals surface area contributed by atoms with Gasteiger partial charge in [-0.2, -0.15) is 0 Å². The molecule has 0 aliphatic rings. The Morgan fingerprint density at radius 3 is 2.63 bits per heavy atom. The van der Waals surface area contributed by atoms with Crippen LogP contribution in [0.1, 0.15) is 15.9 Å². The lowest BCUT2D eigenvalue weighted by Crippen LogP contribution is -2.26. The second-order valence-electron chi connectivity index (χ2n) is 4.42. The fourth-order valence-electron chi connectivity index (χ4n) is 1.92. The summed E-state index contributed by atoms with van der Waals surface area (Å²) < 4.78 is 0. The number of carbonyl (C=O) groups is 1. The Hall–Kier alpha value is -2.00. The number of benzene rings is 2. The Labute approximate surface area is 117 Å². The molecule has 2 aromatic rings. The zero-order valence-corrected chi connectivity index (χ0v) is 11.6. The van der Waals surface area contributed by atoms with Crippen LogP contribution in [0.2, 0.25) is 5.02 Å². The summed E-state index contributed by atoms with van der Waals surface area (Å²) >= 11 is 5.98. The van der Waals surface area contributed by atoms with Gasteiger partial charge in [-0.25, -0.2) is 0 Å². The third-order valence-electron chi connectivity index (χ3n) is 2.97. The predicted molar refractivity (Wildman–Crippen MR) is 79.8 cm³/mol. The molecule has 19 heavy (non-hydrogen) atoms. The molecule has 0 fully saturated rings. The van der Waals surface area contributed by atoms with Crippen molar-refractivity contribution in [2.75, 3.05) is 17.7 Å². The van der Waals surface area contributed by atoms with E-state index in [1.807, 2.05) is 13.0 Å². The fraction of sp³-hybridized carbons (Fsp3) is 0.133. The molecule has 98 valence electrons. The maximum atomic E-state index is 12.4. The molecule has 2 rings (SSSR count). The Morgan fingerprint density at radius 1 is 1.21 bits per heavy atom. The van der Waals surface area contributed by atoms with Gasteiger partial charge in [-0.1, -0.05) is 23.7 Å². The lowest BCUT2D eigenvalue weighted by Gasteiger charge is -2.20. The molecule has 2 aromatic carbocycles. The largest absolute Gasteiger partial charge is 0.399 e. The highest BCUT2D eigenvalue weighted by atomic mass is 35.5. The van der Waals surface area contributed by atoms with Crippen molar-refractivity contribution in [1.29, 1.82) is 0 Å². The molecule has 0 atom stereocenters. The quantitative estimate of drug-likeness (QED) is 0.852.